The number of piperazine rings is 1. The van der Waals surface area contributed by atoms with Gasteiger partial charge < -0.3 is 29.6 Å². The summed E-state index contributed by atoms with van der Waals surface area (Å²) < 4.78 is 57.8. The first-order chi connectivity index (χ1) is 32.4. The molecule has 18 heteroatoms. The fraction of sp³-hybridized carbons (Fsp3) is 0.440. The second-order valence-corrected chi connectivity index (χ2v) is 21.8. The minimum absolute atomic E-state index is 0.0143. The van der Waals surface area contributed by atoms with Crippen LogP contribution in [-0.4, -0.2) is 105 Å². The number of fused-ring (bicyclic) bond motifs is 2. The van der Waals surface area contributed by atoms with E-state index in [1.165, 1.54) is 42.7 Å². The number of alkyl halides is 1. The number of amides is 1. The summed E-state index contributed by atoms with van der Waals surface area (Å²) in [6.07, 6.45) is 5.43. The minimum Gasteiger partial charge on any atom is -0.468 e. The van der Waals surface area contributed by atoms with Crippen LogP contribution >= 0.6 is 11.6 Å². The van der Waals surface area contributed by atoms with Crippen LogP contribution in [0.2, 0.25) is 5.02 Å². The van der Waals surface area contributed by atoms with Crippen LogP contribution in [0, 0.1) is 21.4 Å². The summed E-state index contributed by atoms with van der Waals surface area (Å²) in [5.41, 5.74) is 4.22. The number of allylic oxidation sites excluding steroid dienone is 1. The fourth-order valence-corrected chi connectivity index (χ4v) is 10.8. The van der Waals surface area contributed by atoms with E-state index in [1.54, 1.807) is 23.2 Å². The Morgan fingerprint density at radius 3 is 2.49 bits per heavy atom. The molecule has 2 saturated heterocycles. The van der Waals surface area contributed by atoms with Gasteiger partial charge in [0.25, 0.3) is 21.6 Å². The predicted molar refractivity (Wildman–Crippen MR) is 264 cm³/mol. The predicted octanol–water partition coefficient (Wildman–Crippen LogP) is 9.51. The molecule has 9 rings (SSSR count). The lowest BCUT2D eigenvalue weighted by Gasteiger charge is -2.41. The normalized spacial score (nSPS) is 19.4. The van der Waals surface area contributed by atoms with Crippen molar-refractivity contribution < 1.29 is 32.0 Å². The van der Waals surface area contributed by atoms with Crippen LogP contribution in [0.25, 0.3) is 16.6 Å². The number of carbonyl (C=O) groups excluding carboxylic acids is 1. The highest BCUT2D eigenvalue weighted by Gasteiger charge is 2.40. The zero-order chi connectivity index (χ0) is 48.0. The highest BCUT2D eigenvalue weighted by atomic mass is 35.5. The second-order valence-electron chi connectivity index (χ2n) is 19.7. The number of anilines is 4. The summed E-state index contributed by atoms with van der Waals surface area (Å²) in [4.78, 5) is 39.9. The van der Waals surface area contributed by atoms with E-state index in [9.17, 15) is 23.3 Å². The summed E-state index contributed by atoms with van der Waals surface area (Å²) in [5.74, 6) is -0.574. The molecule has 0 bridgehead atoms. The lowest BCUT2D eigenvalue weighted by molar-refractivity contribution is -0.384. The number of hydrogen-bond acceptors (Lipinski definition) is 12. The van der Waals surface area contributed by atoms with Gasteiger partial charge in [0.1, 0.15) is 22.7 Å². The van der Waals surface area contributed by atoms with Crippen LogP contribution in [0.4, 0.5) is 32.8 Å². The topological polar surface area (TPSA) is 175 Å². The van der Waals surface area contributed by atoms with Crippen molar-refractivity contribution >= 4 is 72.6 Å². The van der Waals surface area contributed by atoms with Crippen molar-refractivity contribution in [3.63, 3.8) is 0 Å². The van der Waals surface area contributed by atoms with Crippen LogP contribution in [0.15, 0.2) is 89.5 Å². The van der Waals surface area contributed by atoms with E-state index in [4.69, 9.17) is 21.1 Å². The molecule has 68 heavy (non-hydrogen) atoms. The standard InChI is InChI=1S/C50H58ClFN8O7S/c1-49(2)17-13-35(40(28-49)33-5-7-36(51)8-6-33)30-57-19-21-58(22-20-57)37-9-11-39(42(26-37)59-31-45(50(3,4)52)67-48-44(59)25-34-14-18-53-46(34)55-48)47(61)56-68(64,65)38-10-12-41(43(27-38)60(62)63)54-29-32-15-23-66-24-16-32/h5-12,14,18,25-27,32,45,54H,13,15-17,19-24,28-31H2,1-4H3,(H,53,55)(H,56,61)/t45-/m1/s1. The van der Waals surface area contributed by atoms with Gasteiger partial charge in [-0.3, -0.25) is 19.8 Å². The van der Waals surface area contributed by atoms with Crippen molar-refractivity contribution in [2.45, 2.75) is 76.5 Å². The third-order valence-corrected chi connectivity index (χ3v) is 15.4. The summed E-state index contributed by atoms with van der Waals surface area (Å²) in [6.45, 7) is 12.9. The molecule has 3 aliphatic heterocycles. The number of nitro benzene ring substituents is 1. The lowest BCUT2D eigenvalue weighted by Crippen LogP contribution is -2.49. The molecule has 1 amide bonds. The van der Waals surface area contributed by atoms with Crippen molar-refractivity contribution in [1.82, 2.24) is 19.6 Å². The van der Waals surface area contributed by atoms with E-state index in [2.05, 4.69) is 55.8 Å². The molecule has 0 radical (unpaired) electrons. The number of nitrogens with one attached hydrogen (secondary N) is 3. The van der Waals surface area contributed by atoms with Gasteiger partial charge in [0.2, 0.25) is 5.88 Å². The quantitative estimate of drug-likeness (QED) is 0.0754. The highest BCUT2D eigenvalue weighted by molar-refractivity contribution is 7.90. The number of benzene rings is 3. The number of halogens is 2. The van der Waals surface area contributed by atoms with E-state index in [-0.39, 0.29) is 35.0 Å². The molecule has 3 aromatic carbocycles. The Morgan fingerprint density at radius 1 is 1.01 bits per heavy atom. The molecular formula is C50H58ClFN8O7S. The number of nitrogens with zero attached hydrogens (tertiary/aromatic N) is 5. The van der Waals surface area contributed by atoms with Crippen molar-refractivity contribution in [2.24, 2.45) is 11.3 Å². The third kappa shape index (κ3) is 10.3. The average molecular weight is 970 g/mol. The Hall–Kier alpha value is -5.75. The lowest BCUT2D eigenvalue weighted by atomic mass is 9.72. The molecule has 0 unspecified atom stereocenters. The van der Waals surface area contributed by atoms with E-state index in [0.717, 1.165) is 68.9 Å². The summed E-state index contributed by atoms with van der Waals surface area (Å²) in [6, 6.07) is 20.6. The Bertz CT molecular complexity index is 2850. The zero-order valence-electron chi connectivity index (χ0n) is 38.8. The molecule has 5 heterocycles. The number of hydrogen-bond donors (Lipinski definition) is 3. The maximum absolute atomic E-state index is 16.0. The van der Waals surface area contributed by atoms with Crippen LogP contribution < -0.4 is 24.6 Å². The molecule has 15 nitrogen and oxygen atoms in total. The van der Waals surface area contributed by atoms with E-state index >= 15 is 4.39 Å². The summed E-state index contributed by atoms with van der Waals surface area (Å²) in [5, 5.41) is 16.8. The maximum atomic E-state index is 16.0. The summed E-state index contributed by atoms with van der Waals surface area (Å²) >= 11 is 6.27. The zero-order valence-corrected chi connectivity index (χ0v) is 40.4. The van der Waals surface area contributed by atoms with Crippen LogP contribution in [0.5, 0.6) is 5.88 Å². The second kappa shape index (κ2) is 19.0. The number of ether oxygens (including phenoxy) is 2. The van der Waals surface area contributed by atoms with Crippen LogP contribution in [-0.2, 0) is 14.8 Å². The summed E-state index contributed by atoms with van der Waals surface area (Å²) in [7, 11) is -4.65. The van der Waals surface area contributed by atoms with Gasteiger partial charge in [0, 0.05) is 80.8 Å². The number of nitro groups is 1. The Morgan fingerprint density at radius 2 is 1.76 bits per heavy atom. The third-order valence-electron chi connectivity index (χ3n) is 13.8. The molecule has 360 valence electrons. The van der Waals surface area contributed by atoms with Crippen molar-refractivity contribution in [1.29, 1.82) is 0 Å². The number of H-pyrrole nitrogens is 1. The molecule has 0 saturated carbocycles. The number of carbonyl (C=O) groups is 1. The SMILES string of the molecule is CC1(C)CCC(CN2CCN(c3ccc(C(=O)NS(=O)(=O)c4ccc(NCC5CCOCC5)c([N+](=O)[O-])c4)c(N4C[C@H](C(C)(C)F)Oc5nc6[nH]ccc6cc54)c3)CC2)=C(c2ccc(Cl)cc2)C1. The van der Waals surface area contributed by atoms with Gasteiger partial charge in [-0.15, -0.1) is 0 Å². The molecule has 0 spiro atoms. The number of aromatic amines is 1. The van der Waals surface area contributed by atoms with Gasteiger partial charge in [0.15, 0.2) is 6.10 Å². The monoisotopic (exact) mass is 968 g/mol. The van der Waals surface area contributed by atoms with Crippen molar-refractivity contribution in [3.05, 3.63) is 111 Å². The smallest absolute Gasteiger partial charge is 0.293 e. The molecular weight excluding hydrogens is 911 g/mol. The highest BCUT2D eigenvalue weighted by Crippen LogP contribution is 2.45. The molecule has 2 fully saturated rings. The van der Waals surface area contributed by atoms with Crippen LogP contribution in [0.3, 0.4) is 0 Å². The van der Waals surface area contributed by atoms with Gasteiger partial charge in [0.05, 0.1) is 27.6 Å². The molecule has 1 aliphatic carbocycles. The van der Waals surface area contributed by atoms with Gasteiger partial charge in [-0.1, -0.05) is 43.2 Å². The minimum atomic E-state index is -4.65. The van der Waals surface area contributed by atoms with Gasteiger partial charge in [-0.2, -0.15) is 4.98 Å². The molecule has 4 aliphatic rings. The Balaban J connectivity index is 1.02. The molecule has 5 aromatic rings. The molecule has 3 N–H and O–H groups in total. The largest absolute Gasteiger partial charge is 0.468 e. The van der Waals surface area contributed by atoms with Gasteiger partial charge in [-0.05, 0) is 123 Å². The van der Waals surface area contributed by atoms with Crippen molar-refractivity contribution in [2.75, 3.05) is 74.1 Å². The number of sulfonamides is 1. The van der Waals surface area contributed by atoms with E-state index in [1.807, 2.05) is 30.3 Å². The fourth-order valence-electron chi connectivity index (χ4n) is 9.71. The maximum Gasteiger partial charge on any atom is 0.293 e. The number of pyridine rings is 1. The average Bonchev–Trinajstić information content (AvgIpc) is 3.78. The van der Waals surface area contributed by atoms with E-state index < -0.39 is 43.2 Å². The van der Waals surface area contributed by atoms with Crippen LogP contribution in [0.1, 0.15) is 75.7 Å². The first kappa shape index (κ1) is 47.3. The van der Waals surface area contributed by atoms with E-state index in [0.29, 0.717) is 54.9 Å². The molecule has 1 atom stereocenters. The number of rotatable bonds is 13. The van der Waals surface area contributed by atoms with Gasteiger partial charge >= 0.3 is 0 Å². The molecule has 2 aromatic heterocycles. The first-order valence-corrected chi connectivity index (χ1v) is 25.1. The Labute approximate surface area is 401 Å². The van der Waals surface area contributed by atoms with Gasteiger partial charge in [-0.25, -0.2) is 17.5 Å². The Kier molecular flexibility index (Phi) is 13.2. The van der Waals surface area contributed by atoms with Crippen molar-refractivity contribution in [3.8, 4) is 5.88 Å². The first-order valence-electron chi connectivity index (χ1n) is 23.3. The number of aromatic nitrogens is 2.